The summed E-state index contributed by atoms with van der Waals surface area (Å²) < 4.78 is 5.29. The summed E-state index contributed by atoms with van der Waals surface area (Å²) in [5.74, 6) is 1.19. The van der Waals surface area contributed by atoms with Crippen molar-refractivity contribution < 1.29 is 4.52 Å². The Kier molecular flexibility index (Phi) is 3.52. The van der Waals surface area contributed by atoms with Crippen molar-refractivity contribution in [3.8, 4) is 11.5 Å². The highest BCUT2D eigenvalue weighted by Gasteiger charge is 2.09. The van der Waals surface area contributed by atoms with Crippen molar-refractivity contribution in [1.82, 2.24) is 15.1 Å². The summed E-state index contributed by atoms with van der Waals surface area (Å²) in [5, 5.41) is 4.00. The molecule has 2 heterocycles. The van der Waals surface area contributed by atoms with Crippen molar-refractivity contribution in [2.24, 2.45) is 5.73 Å². The van der Waals surface area contributed by atoms with E-state index >= 15 is 0 Å². The second-order valence-corrected chi connectivity index (χ2v) is 4.45. The van der Waals surface area contributed by atoms with Gasteiger partial charge in [-0.15, -0.1) is 0 Å². The number of aromatic nitrogens is 3. The minimum atomic E-state index is 0.525. The van der Waals surface area contributed by atoms with Crippen LogP contribution in [0.3, 0.4) is 0 Å². The Bertz CT molecular complexity index is 677. The van der Waals surface area contributed by atoms with Crippen LogP contribution >= 0.6 is 0 Å². The molecule has 5 nitrogen and oxygen atoms in total. The molecule has 0 fully saturated rings. The number of nitrogens with zero attached hydrogens (tertiary/aromatic N) is 3. The maximum Gasteiger partial charge on any atom is 0.257 e. The van der Waals surface area contributed by atoms with Crippen molar-refractivity contribution in [1.29, 1.82) is 0 Å². The fraction of sp³-hybridized carbons (Fsp3) is 0.133. The van der Waals surface area contributed by atoms with Gasteiger partial charge in [-0.3, -0.25) is 4.98 Å². The molecule has 3 aromatic rings. The molecule has 2 N–H and O–H groups in total. The van der Waals surface area contributed by atoms with Gasteiger partial charge in [0, 0.05) is 30.9 Å². The molecular formula is C15H14N4O. The van der Waals surface area contributed by atoms with E-state index in [1.807, 2.05) is 36.4 Å². The molecule has 0 atom stereocenters. The minimum Gasteiger partial charge on any atom is -0.334 e. The first-order chi connectivity index (χ1) is 9.85. The van der Waals surface area contributed by atoms with E-state index in [-0.39, 0.29) is 0 Å². The Morgan fingerprint density at radius 3 is 2.40 bits per heavy atom. The first kappa shape index (κ1) is 12.5. The third-order valence-corrected chi connectivity index (χ3v) is 3.02. The Morgan fingerprint density at radius 1 is 0.950 bits per heavy atom. The Morgan fingerprint density at radius 2 is 1.70 bits per heavy atom. The van der Waals surface area contributed by atoms with Crippen LogP contribution in [0.4, 0.5) is 0 Å². The average Bonchev–Trinajstić information content (AvgIpc) is 2.97. The molecule has 5 heteroatoms. The first-order valence-corrected chi connectivity index (χ1v) is 6.36. The van der Waals surface area contributed by atoms with Crippen molar-refractivity contribution in [3.63, 3.8) is 0 Å². The van der Waals surface area contributed by atoms with Crippen molar-refractivity contribution >= 4 is 0 Å². The van der Waals surface area contributed by atoms with Gasteiger partial charge < -0.3 is 10.3 Å². The Balaban J connectivity index is 1.79. The predicted octanol–water partition coefficient (Wildman–Crippen LogP) is 2.18. The first-order valence-electron chi connectivity index (χ1n) is 6.36. The van der Waals surface area contributed by atoms with E-state index in [0.29, 0.717) is 24.7 Å². The molecule has 0 radical (unpaired) electrons. The lowest BCUT2D eigenvalue weighted by atomic mass is 10.1. The SMILES string of the molecule is NCc1ccc(-c2nc(Cc3ccncc3)no2)cc1. The molecule has 1 aromatic carbocycles. The summed E-state index contributed by atoms with van der Waals surface area (Å²) in [5.41, 5.74) is 8.65. The van der Waals surface area contributed by atoms with Crippen LogP contribution in [0, 0.1) is 0 Å². The average molecular weight is 266 g/mol. The zero-order valence-corrected chi connectivity index (χ0v) is 10.9. The third-order valence-electron chi connectivity index (χ3n) is 3.02. The number of benzene rings is 1. The van der Waals surface area contributed by atoms with E-state index in [4.69, 9.17) is 10.3 Å². The number of rotatable bonds is 4. The van der Waals surface area contributed by atoms with Crippen LogP contribution in [-0.2, 0) is 13.0 Å². The van der Waals surface area contributed by atoms with Gasteiger partial charge >= 0.3 is 0 Å². The van der Waals surface area contributed by atoms with E-state index in [2.05, 4.69) is 15.1 Å². The number of hydrogen-bond donors (Lipinski definition) is 1. The summed E-state index contributed by atoms with van der Waals surface area (Å²) in [7, 11) is 0. The molecule has 2 aromatic heterocycles. The van der Waals surface area contributed by atoms with Gasteiger partial charge in [-0.25, -0.2) is 0 Å². The minimum absolute atomic E-state index is 0.525. The molecule has 0 aliphatic carbocycles. The van der Waals surface area contributed by atoms with Crippen molar-refractivity contribution in [3.05, 3.63) is 65.7 Å². The third kappa shape index (κ3) is 2.73. The Hall–Kier alpha value is -2.53. The van der Waals surface area contributed by atoms with Gasteiger partial charge in [-0.2, -0.15) is 4.98 Å². The number of pyridine rings is 1. The van der Waals surface area contributed by atoms with Crippen LogP contribution in [0.25, 0.3) is 11.5 Å². The highest BCUT2D eigenvalue weighted by molar-refractivity contribution is 5.53. The predicted molar refractivity (Wildman–Crippen MR) is 74.7 cm³/mol. The molecular weight excluding hydrogens is 252 g/mol. The lowest BCUT2D eigenvalue weighted by Gasteiger charge is -1.97. The topological polar surface area (TPSA) is 77.8 Å². The maximum atomic E-state index is 5.57. The van der Waals surface area contributed by atoms with Gasteiger partial charge in [-0.05, 0) is 35.4 Å². The normalized spacial score (nSPS) is 10.7. The van der Waals surface area contributed by atoms with E-state index in [9.17, 15) is 0 Å². The molecule has 0 unspecified atom stereocenters. The van der Waals surface area contributed by atoms with E-state index in [1.165, 1.54) is 0 Å². The van der Waals surface area contributed by atoms with Gasteiger partial charge in [0.2, 0.25) is 0 Å². The van der Waals surface area contributed by atoms with Crippen LogP contribution in [0.1, 0.15) is 17.0 Å². The van der Waals surface area contributed by atoms with Crippen LogP contribution in [-0.4, -0.2) is 15.1 Å². The number of hydrogen-bond acceptors (Lipinski definition) is 5. The van der Waals surface area contributed by atoms with E-state index < -0.39 is 0 Å². The molecule has 100 valence electrons. The van der Waals surface area contributed by atoms with Crippen LogP contribution in [0.2, 0.25) is 0 Å². The summed E-state index contributed by atoms with van der Waals surface area (Å²) in [6.45, 7) is 0.525. The highest BCUT2D eigenvalue weighted by atomic mass is 16.5. The molecule has 20 heavy (non-hydrogen) atoms. The summed E-state index contributed by atoms with van der Waals surface area (Å²) in [4.78, 5) is 8.38. The second kappa shape index (κ2) is 5.63. The van der Waals surface area contributed by atoms with E-state index in [1.54, 1.807) is 12.4 Å². The number of nitrogens with two attached hydrogens (primary N) is 1. The molecule has 3 rings (SSSR count). The van der Waals surface area contributed by atoms with Crippen LogP contribution in [0.5, 0.6) is 0 Å². The molecule has 0 bridgehead atoms. The standard InChI is InChI=1S/C15H14N4O/c16-10-12-1-3-13(4-2-12)15-18-14(19-20-15)9-11-5-7-17-8-6-11/h1-8H,9-10,16H2. The molecule has 0 aliphatic rings. The second-order valence-electron chi connectivity index (χ2n) is 4.45. The lowest BCUT2D eigenvalue weighted by Crippen LogP contribution is -1.95. The zero-order chi connectivity index (χ0) is 13.8. The van der Waals surface area contributed by atoms with Gasteiger partial charge in [0.1, 0.15) is 0 Å². The summed E-state index contributed by atoms with van der Waals surface area (Å²) >= 11 is 0. The maximum absolute atomic E-state index is 5.57. The van der Waals surface area contributed by atoms with Crippen molar-refractivity contribution in [2.75, 3.05) is 0 Å². The van der Waals surface area contributed by atoms with Crippen LogP contribution < -0.4 is 5.73 Å². The molecule has 0 amide bonds. The van der Waals surface area contributed by atoms with Gasteiger partial charge in [0.15, 0.2) is 5.82 Å². The molecule has 0 saturated heterocycles. The fourth-order valence-corrected chi connectivity index (χ4v) is 1.91. The lowest BCUT2D eigenvalue weighted by molar-refractivity contribution is 0.424. The zero-order valence-electron chi connectivity index (χ0n) is 10.9. The highest BCUT2D eigenvalue weighted by Crippen LogP contribution is 2.18. The molecule has 0 saturated carbocycles. The smallest absolute Gasteiger partial charge is 0.257 e. The fourth-order valence-electron chi connectivity index (χ4n) is 1.91. The van der Waals surface area contributed by atoms with Crippen LogP contribution in [0.15, 0.2) is 53.3 Å². The van der Waals surface area contributed by atoms with E-state index in [0.717, 1.165) is 16.7 Å². The van der Waals surface area contributed by atoms with Gasteiger partial charge in [-0.1, -0.05) is 17.3 Å². The van der Waals surface area contributed by atoms with Gasteiger partial charge in [0.25, 0.3) is 5.89 Å². The summed E-state index contributed by atoms with van der Waals surface area (Å²) in [6, 6.07) is 11.7. The van der Waals surface area contributed by atoms with Crippen molar-refractivity contribution in [2.45, 2.75) is 13.0 Å². The monoisotopic (exact) mass is 266 g/mol. The van der Waals surface area contributed by atoms with Gasteiger partial charge in [0.05, 0.1) is 0 Å². The Labute approximate surface area is 116 Å². The largest absolute Gasteiger partial charge is 0.334 e. The molecule has 0 aliphatic heterocycles. The summed E-state index contributed by atoms with van der Waals surface area (Å²) in [6.07, 6.45) is 4.14. The molecule has 0 spiro atoms. The quantitative estimate of drug-likeness (QED) is 0.783.